The molecule has 15 heavy (non-hydrogen) atoms. The molecule has 0 bridgehead atoms. The van der Waals surface area contributed by atoms with E-state index in [1.807, 2.05) is 13.8 Å². The quantitative estimate of drug-likeness (QED) is 0.751. The van der Waals surface area contributed by atoms with Crippen molar-refractivity contribution in [3.63, 3.8) is 0 Å². The van der Waals surface area contributed by atoms with Crippen LogP contribution in [0.4, 0.5) is 0 Å². The average Bonchev–Trinajstić information content (AvgIpc) is 2.17. The van der Waals surface area contributed by atoms with Crippen LogP contribution in [0.5, 0.6) is 0 Å². The van der Waals surface area contributed by atoms with Gasteiger partial charge in [-0.2, -0.15) is 0 Å². The first kappa shape index (κ1) is 10.5. The first-order chi connectivity index (χ1) is 7.18. The number of pyridine rings is 1. The van der Waals surface area contributed by atoms with Crippen LogP contribution in [0.25, 0.3) is 0 Å². The Labute approximate surface area is 90.7 Å². The highest BCUT2D eigenvalue weighted by atomic mass is 16.1. The molecule has 0 spiro atoms. The molecule has 0 saturated heterocycles. The van der Waals surface area contributed by atoms with Crippen LogP contribution in [0, 0.1) is 13.8 Å². The molecule has 0 amide bonds. The molecule has 1 aromatic rings. The fourth-order valence-electron chi connectivity index (χ4n) is 2.76. The third-order valence-electron chi connectivity index (χ3n) is 3.42. The van der Waals surface area contributed by atoms with Gasteiger partial charge < -0.3 is 4.98 Å². The Bertz CT molecular complexity index is 399. The van der Waals surface area contributed by atoms with Crippen molar-refractivity contribution in [3.05, 3.63) is 33.2 Å². The van der Waals surface area contributed by atoms with E-state index in [1.54, 1.807) is 6.07 Å². The van der Waals surface area contributed by atoms with Gasteiger partial charge in [-0.3, -0.25) is 4.79 Å². The molecule has 0 aromatic carbocycles. The SMILES string of the molecule is Cc1cc(=O)c(C2CCCCC2)c(C)[nH]1. The number of H-pyrrole nitrogens is 1. The number of aromatic amines is 1. The van der Waals surface area contributed by atoms with Gasteiger partial charge in [-0.15, -0.1) is 0 Å². The number of aryl methyl sites for hydroxylation is 2. The average molecular weight is 205 g/mol. The van der Waals surface area contributed by atoms with Crippen molar-refractivity contribution < 1.29 is 0 Å². The second kappa shape index (κ2) is 4.21. The standard InChI is InChI=1S/C13H19NO/c1-9-8-12(15)13(10(2)14-9)11-6-4-3-5-7-11/h8,11H,3-7H2,1-2H3,(H,14,15). The number of aromatic nitrogens is 1. The van der Waals surface area contributed by atoms with E-state index < -0.39 is 0 Å². The smallest absolute Gasteiger partial charge is 0.185 e. The van der Waals surface area contributed by atoms with E-state index in [2.05, 4.69) is 4.98 Å². The van der Waals surface area contributed by atoms with Crippen molar-refractivity contribution in [2.24, 2.45) is 0 Å². The molecule has 2 rings (SSSR count). The second-order valence-corrected chi connectivity index (χ2v) is 4.69. The van der Waals surface area contributed by atoms with Gasteiger partial charge in [0, 0.05) is 23.0 Å². The summed E-state index contributed by atoms with van der Waals surface area (Å²) in [6.45, 7) is 3.97. The maximum absolute atomic E-state index is 11.9. The molecular formula is C13H19NO. The first-order valence-corrected chi connectivity index (χ1v) is 5.89. The Morgan fingerprint density at radius 2 is 1.87 bits per heavy atom. The van der Waals surface area contributed by atoms with Crippen LogP contribution in [0.1, 0.15) is 55.0 Å². The number of hydrogen-bond donors (Lipinski definition) is 1. The summed E-state index contributed by atoms with van der Waals surface area (Å²) in [5.74, 6) is 0.503. The molecule has 0 aliphatic heterocycles. The van der Waals surface area contributed by atoms with E-state index in [4.69, 9.17) is 0 Å². The Balaban J connectivity index is 2.38. The zero-order valence-corrected chi connectivity index (χ0v) is 9.60. The minimum atomic E-state index is 0.232. The van der Waals surface area contributed by atoms with Gasteiger partial charge >= 0.3 is 0 Å². The lowest BCUT2D eigenvalue weighted by Gasteiger charge is -2.22. The molecule has 0 atom stereocenters. The van der Waals surface area contributed by atoms with Gasteiger partial charge in [0.1, 0.15) is 0 Å². The highest BCUT2D eigenvalue weighted by Crippen LogP contribution is 2.31. The van der Waals surface area contributed by atoms with E-state index in [0.717, 1.165) is 17.0 Å². The Hall–Kier alpha value is -1.05. The topological polar surface area (TPSA) is 32.9 Å². The summed E-state index contributed by atoms with van der Waals surface area (Å²) in [5.41, 5.74) is 3.32. The van der Waals surface area contributed by atoms with Crippen molar-refractivity contribution in [2.75, 3.05) is 0 Å². The minimum absolute atomic E-state index is 0.232. The Kier molecular flexibility index (Phi) is 2.94. The van der Waals surface area contributed by atoms with E-state index in [-0.39, 0.29) is 5.43 Å². The van der Waals surface area contributed by atoms with Crippen LogP contribution in [-0.2, 0) is 0 Å². The summed E-state index contributed by atoms with van der Waals surface area (Å²) >= 11 is 0. The number of rotatable bonds is 1. The maximum atomic E-state index is 11.9. The third kappa shape index (κ3) is 2.14. The van der Waals surface area contributed by atoms with Crippen molar-refractivity contribution in [1.29, 1.82) is 0 Å². The van der Waals surface area contributed by atoms with Crippen molar-refractivity contribution >= 4 is 0 Å². The normalized spacial score (nSPS) is 18.0. The van der Waals surface area contributed by atoms with Crippen LogP contribution in [-0.4, -0.2) is 4.98 Å². The highest BCUT2D eigenvalue weighted by Gasteiger charge is 2.20. The summed E-state index contributed by atoms with van der Waals surface area (Å²) in [6.07, 6.45) is 6.26. The summed E-state index contributed by atoms with van der Waals surface area (Å²) in [7, 11) is 0. The van der Waals surface area contributed by atoms with E-state index in [1.165, 1.54) is 32.1 Å². The van der Waals surface area contributed by atoms with Crippen molar-refractivity contribution in [3.8, 4) is 0 Å². The lowest BCUT2D eigenvalue weighted by molar-refractivity contribution is 0.439. The van der Waals surface area contributed by atoms with E-state index >= 15 is 0 Å². The lowest BCUT2D eigenvalue weighted by atomic mass is 9.83. The fraction of sp³-hybridized carbons (Fsp3) is 0.615. The summed E-state index contributed by atoms with van der Waals surface area (Å²) in [6, 6.07) is 1.73. The zero-order chi connectivity index (χ0) is 10.8. The molecule has 1 heterocycles. The molecule has 1 aliphatic rings. The van der Waals surface area contributed by atoms with Gasteiger partial charge in [-0.1, -0.05) is 19.3 Å². The van der Waals surface area contributed by atoms with Crippen molar-refractivity contribution in [1.82, 2.24) is 4.98 Å². The Morgan fingerprint density at radius 1 is 1.20 bits per heavy atom. The molecular weight excluding hydrogens is 186 g/mol. The fourth-order valence-corrected chi connectivity index (χ4v) is 2.76. The maximum Gasteiger partial charge on any atom is 0.185 e. The third-order valence-corrected chi connectivity index (χ3v) is 3.42. The number of nitrogens with one attached hydrogen (secondary N) is 1. The molecule has 1 aromatic heterocycles. The second-order valence-electron chi connectivity index (χ2n) is 4.69. The van der Waals surface area contributed by atoms with Crippen LogP contribution in [0.15, 0.2) is 10.9 Å². The lowest BCUT2D eigenvalue weighted by Crippen LogP contribution is -2.18. The summed E-state index contributed by atoms with van der Waals surface area (Å²) in [5, 5.41) is 0. The summed E-state index contributed by atoms with van der Waals surface area (Å²) < 4.78 is 0. The highest BCUT2D eigenvalue weighted by molar-refractivity contribution is 5.26. The number of hydrogen-bond acceptors (Lipinski definition) is 1. The monoisotopic (exact) mass is 205 g/mol. The summed E-state index contributed by atoms with van der Waals surface area (Å²) in [4.78, 5) is 15.2. The predicted octanol–water partition coefficient (Wildman–Crippen LogP) is 3.04. The molecule has 82 valence electrons. The molecule has 2 heteroatoms. The molecule has 1 fully saturated rings. The van der Waals surface area contributed by atoms with Gasteiger partial charge in [0.2, 0.25) is 0 Å². The predicted molar refractivity (Wildman–Crippen MR) is 62.4 cm³/mol. The van der Waals surface area contributed by atoms with Crippen LogP contribution in [0.2, 0.25) is 0 Å². The van der Waals surface area contributed by atoms with E-state index in [0.29, 0.717) is 5.92 Å². The Morgan fingerprint density at radius 3 is 2.47 bits per heavy atom. The van der Waals surface area contributed by atoms with E-state index in [9.17, 15) is 4.79 Å². The molecule has 2 nitrogen and oxygen atoms in total. The van der Waals surface area contributed by atoms with Gasteiger partial charge in [0.25, 0.3) is 0 Å². The van der Waals surface area contributed by atoms with Crippen LogP contribution < -0.4 is 5.43 Å². The van der Waals surface area contributed by atoms with Gasteiger partial charge in [0.05, 0.1) is 0 Å². The van der Waals surface area contributed by atoms with Crippen LogP contribution >= 0.6 is 0 Å². The zero-order valence-electron chi connectivity index (χ0n) is 9.60. The molecule has 0 radical (unpaired) electrons. The first-order valence-electron chi connectivity index (χ1n) is 5.89. The molecule has 0 unspecified atom stereocenters. The molecule has 1 saturated carbocycles. The van der Waals surface area contributed by atoms with Gasteiger partial charge in [-0.25, -0.2) is 0 Å². The van der Waals surface area contributed by atoms with Crippen molar-refractivity contribution in [2.45, 2.75) is 51.9 Å². The molecule has 1 aliphatic carbocycles. The molecule has 1 N–H and O–H groups in total. The largest absolute Gasteiger partial charge is 0.362 e. The van der Waals surface area contributed by atoms with Gasteiger partial charge in [0.15, 0.2) is 5.43 Å². The van der Waals surface area contributed by atoms with Crippen LogP contribution in [0.3, 0.4) is 0 Å². The van der Waals surface area contributed by atoms with Gasteiger partial charge in [-0.05, 0) is 32.6 Å². The minimum Gasteiger partial charge on any atom is -0.362 e.